The summed E-state index contributed by atoms with van der Waals surface area (Å²) >= 11 is 7.46. The molecule has 0 bridgehead atoms. The number of nitrogens with zero attached hydrogens (tertiary/aromatic N) is 1. The van der Waals surface area contributed by atoms with Gasteiger partial charge in [-0.25, -0.2) is 4.98 Å². The normalized spacial score (nSPS) is 10.4. The maximum Gasteiger partial charge on any atom is 0.112 e. The zero-order chi connectivity index (χ0) is 11.5. The van der Waals surface area contributed by atoms with Crippen LogP contribution in [-0.4, -0.2) is 4.98 Å². The summed E-state index contributed by atoms with van der Waals surface area (Å²) in [5.41, 5.74) is 8.41. The van der Waals surface area contributed by atoms with Gasteiger partial charge in [0.15, 0.2) is 0 Å². The zero-order valence-electron chi connectivity index (χ0n) is 8.83. The van der Waals surface area contributed by atoms with Crippen LogP contribution in [0.4, 0.5) is 11.4 Å². The average Bonchev–Trinajstić information content (AvgIpc) is 2.63. The second-order valence-corrected chi connectivity index (χ2v) is 4.85. The van der Waals surface area contributed by atoms with Crippen LogP contribution in [0.5, 0.6) is 0 Å². The third-order valence-corrected chi connectivity index (χ3v) is 3.31. The van der Waals surface area contributed by atoms with Crippen LogP contribution in [0.2, 0.25) is 5.02 Å². The van der Waals surface area contributed by atoms with Crippen molar-refractivity contribution in [2.45, 2.75) is 13.5 Å². The summed E-state index contributed by atoms with van der Waals surface area (Å²) in [5.74, 6) is 0. The average molecular weight is 254 g/mol. The highest BCUT2D eigenvalue weighted by Crippen LogP contribution is 2.23. The predicted octanol–water partition coefficient (Wildman–Crippen LogP) is 3.30. The highest BCUT2D eigenvalue weighted by Gasteiger charge is 2.01. The third-order valence-electron chi connectivity index (χ3n) is 2.11. The Labute approximate surface area is 103 Å². The Morgan fingerprint density at radius 3 is 2.94 bits per heavy atom. The van der Waals surface area contributed by atoms with Crippen LogP contribution < -0.4 is 11.1 Å². The van der Waals surface area contributed by atoms with Crippen LogP contribution >= 0.6 is 22.9 Å². The van der Waals surface area contributed by atoms with Crippen molar-refractivity contribution in [1.82, 2.24) is 4.98 Å². The number of hydrogen-bond acceptors (Lipinski definition) is 4. The maximum absolute atomic E-state index is 5.83. The number of hydrogen-bond donors (Lipinski definition) is 2. The summed E-state index contributed by atoms with van der Waals surface area (Å²) in [4.78, 5) is 4.36. The van der Waals surface area contributed by atoms with Crippen LogP contribution in [0.1, 0.15) is 10.7 Å². The van der Waals surface area contributed by atoms with Gasteiger partial charge in [0.2, 0.25) is 0 Å². The molecule has 0 aliphatic rings. The van der Waals surface area contributed by atoms with E-state index in [4.69, 9.17) is 17.3 Å². The molecule has 0 saturated heterocycles. The molecule has 0 unspecified atom stereocenters. The number of nitrogens with two attached hydrogens (primary N) is 1. The van der Waals surface area contributed by atoms with Crippen molar-refractivity contribution in [2.75, 3.05) is 11.1 Å². The molecule has 2 aromatic rings. The molecular formula is C11H12ClN3S. The van der Waals surface area contributed by atoms with Gasteiger partial charge in [0.25, 0.3) is 0 Å². The number of rotatable bonds is 3. The molecule has 0 atom stereocenters. The topological polar surface area (TPSA) is 50.9 Å². The number of halogens is 1. The highest BCUT2D eigenvalue weighted by molar-refractivity contribution is 7.09. The zero-order valence-corrected chi connectivity index (χ0v) is 10.4. The first-order valence-electron chi connectivity index (χ1n) is 4.85. The Kier molecular flexibility index (Phi) is 3.31. The van der Waals surface area contributed by atoms with Crippen molar-refractivity contribution < 1.29 is 0 Å². The van der Waals surface area contributed by atoms with Crippen molar-refractivity contribution in [3.8, 4) is 0 Å². The Hall–Kier alpha value is -1.26. The molecule has 1 heterocycles. The van der Waals surface area contributed by atoms with Crippen molar-refractivity contribution in [2.24, 2.45) is 0 Å². The van der Waals surface area contributed by atoms with E-state index in [0.717, 1.165) is 16.4 Å². The van der Waals surface area contributed by atoms with Gasteiger partial charge in [-0.15, -0.1) is 11.3 Å². The van der Waals surface area contributed by atoms with Gasteiger partial charge in [-0.05, 0) is 25.1 Å². The molecule has 5 heteroatoms. The molecule has 0 spiro atoms. The summed E-state index contributed by atoms with van der Waals surface area (Å²) < 4.78 is 0. The number of benzene rings is 1. The summed E-state index contributed by atoms with van der Waals surface area (Å²) in [7, 11) is 0. The first-order chi connectivity index (χ1) is 7.65. The molecule has 84 valence electrons. The Balaban J connectivity index is 2.04. The summed E-state index contributed by atoms with van der Waals surface area (Å²) in [6.07, 6.45) is 0. The summed E-state index contributed by atoms with van der Waals surface area (Å²) in [5, 5.41) is 6.96. The number of aromatic nitrogens is 1. The van der Waals surface area contributed by atoms with E-state index in [1.165, 1.54) is 0 Å². The van der Waals surface area contributed by atoms with Crippen LogP contribution in [0.3, 0.4) is 0 Å². The minimum atomic E-state index is 0.646. The van der Waals surface area contributed by atoms with Gasteiger partial charge in [0, 0.05) is 16.1 Å². The van der Waals surface area contributed by atoms with E-state index >= 15 is 0 Å². The Bertz CT molecular complexity index is 496. The maximum atomic E-state index is 5.83. The smallest absolute Gasteiger partial charge is 0.112 e. The fourth-order valence-corrected chi connectivity index (χ4v) is 2.24. The first-order valence-corrected chi connectivity index (χ1v) is 6.11. The number of aryl methyl sites for hydroxylation is 1. The van der Waals surface area contributed by atoms with Crippen molar-refractivity contribution in [3.05, 3.63) is 39.3 Å². The predicted molar refractivity (Wildman–Crippen MR) is 70.0 cm³/mol. The van der Waals surface area contributed by atoms with E-state index in [1.807, 2.05) is 24.4 Å². The van der Waals surface area contributed by atoms with Crippen LogP contribution in [0.25, 0.3) is 0 Å². The number of anilines is 2. The molecular weight excluding hydrogens is 242 g/mol. The van der Waals surface area contributed by atoms with Gasteiger partial charge >= 0.3 is 0 Å². The van der Waals surface area contributed by atoms with Crippen LogP contribution in [-0.2, 0) is 6.54 Å². The van der Waals surface area contributed by atoms with Gasteiger partial charge in [0.05, 0.1) is 17.9 Å². The standard InChI is InChI=1S/C11H12ClN3S/c1-7-6-16-11(15-7)5-14-10-3-2-8(12)4-9(10)13/h2-4,6,14H,5,13H2,1H3. The molecule has 0 amide bonds. The SMILES string of the molecule is Cc1csc(CNc2ccc(Cl)cc2N)n1. The highest BCUT2D eigenvalue weighted by atomic mass is 35.5. The Morgan fingerprint density at radius 1 is 1.50 bits per heavy atom. The quantitative estimate of drug-likeness (QED) is 0.826. The van der Waals surface area contributed by atoms with Crippen molar-refractivity contribution in [1.29, 1.82) is 0 Å². The van der Waals surface area contributed by atoms with E-state index < -0.39 is 0 Å². The molecule has 0 aliphatic carbocycles. The first kappa shape index (κ1) is 11.2. The lowest BCUT2D eigenvalue weighted by Crippen LogP contribution is -2.02. The monoisotopic (exact) mass is 253 g/mol. The van der Waals surface area contributed by atoms with Gasteiger partial charge in [0.1, 0.15) is 5.01 Å². The third kappa shape index (κ3) is 2.65. The van der Waals surface area contributed by atoms with E-state index in [0.29, 0.717) is 17.3 Å². The molecule has 0 fully saturated rings. The van der Waals surface area contributed by atoms with Crippen molar-refractivity contribution in [3.63, 3.8) is 0 Å². The number of nitrogens with one attached hydrogen (secondary N) is 1. The molecule has 1 aromatic heterocycles. The van der Waals surface area contributed by atoms with E-state index in [9.17, 15) is 0 Å². The van der Waals surface area contributed by atoms with Gasteiger partial charge in [-0.3, -0.25) is 0 Å². The van der Waals surface area contributed by atoms with E-state index in [2.05, 4.69) is 10.3 Å². The summed E-state index contributed by atoms with van der Waals surface area (Å²) in [6.45, 7) is 2.67. The Morgan fingerprint density at radius 2 is 2.31 bits per heavy atom. The molecule has 16 heavy (non-hydrogen) atoms. The minimum absolute atomic E-state index is 0.646. The van der Waals surface area contributed by atoms with Crippen LogP contribution in [0, 0.1) is 6.92 Å². The largest absolute Gasteiger partial charge is 0.397 e. The summed E-state index contributed by atoms with van der Waals surface area (Å²) in [6, 6.07) is 5.42. The minimum Gasteiger partial charge on any atom is -0.397 e. The second kappa shape index (κ2) is 4.72. The molecule has 0 aliphatic heterocycles. The lowest BCUT2D eigenvalue weighted by molar-refractivity contribution is 1.08. The van der Waals surface area contributed by atoms with Gasteiger partial charge in [-0.1, -0.05) is 11.6 Å². The fourth-order valence-electron chi connectivity index (χ4n) is 1.35. The fraction of sp³-hybridized carbons (Fsp3) is 0.182. The van der Waals surface area contributed by atoms with Crippen LogP contribution in [0.15, 0.2) is 23.6 Å². The molecule has 3 N–H and O–H groups in total. The lowest BCUT2D eigenvalue weighted by atomic mass is 10.2. The van der Waals surface area contributed by atoms with E-state index in [-0.39, 0.29) is 0 Å². The van der Waals surface area contributed by atoms with Crippen molar-refractivity contribution >= 4 is 34.3 Å². The molecule has 3 nitrogen and oxygen atoms in total. The number of thiazole rings is 1. The van der Waals surface area contributed by atoms with Gasteiger partial charge < -0.3 is 11.1 Å². The molecule has 0 saturated carbocycles. The number of nitrogen functional groups attached to an aromatic ring is 1. The molecule has 1 aromatic carbocycles. The lowest BCUT2D eigenvalue weighted by Gasteiger charge is -2.07. The molecule has 0 radical (unpaired) electrons. The molecule has 2 rings (SSSR count). The second-order valence-electron chi connectivity index (χ2n) is 3.47. The van der Waals surface area contributed by atoms with Gasteiger partial charge in [-0.2, -0.15) is 0 Å². The van der Waals surface area contributed by atoms with E-state index in [1.54, 1.807) is 17.4 Å².